The molecule has 4 heterocycles. The molecule has 0 unspecified atom stereocenters. The number of hydrogen-bond acceptors (Lipinski definition) is 6. The van der Waals surface area contributed by atoms with Crippen molar-refractivity contribution >= 4 is 32.6 Å². The molecule has 0 aliphatic carbocycles. The van der Waals surface area contributed by atoms with E-state index in [0.29, 0.717) is 5.82 Å². The van der Waals surface area contributed by atoms with E-state index in [-0.39, 0.29) is 0 Å². The van der Waals surface area contributed by atoms with Crippen LogP contribution in [0.1, 0.15) is 31.2 Å². The van der Waals surface area contributed by atoms with Crippen molar-refractivity contribution in [3.8, 4) is 21.8 Å². The third-order valence-electron chi connectivity index (χ3n) is 6.06. The van der Waals surface area contributed by atoms with Crippen LogP contribution in [0.2, 0.25) is 0 Å². The lowest BCUT2D eigenvalue weighted by Crippen LogP contribution is -2.06. The van der Waals surface area contributed by atoms with E-state index < -0.39 is 0 Å². The van der Waals surface area contributed by atoms with Gasteiger partial charge in [0.25, 0.3) is 0 Å². The molecule has 0 saturated heterocycles. The first-order valence-corrected chi connectivity index (χ1v) is 12.3. The number of imidazole rings is 1. The minimum Gasteiger partial charge on any atom is -0.308 e. The molecule has 6 rings (SSSR count). The monoisotopic (exact) mass is 465 g/mol. The quantitative estimate of drug-likeness (QED) is 0.318. The number of tetrazole rings is 1. The summed E-state index contributed by atoms with van der Waals surface area (Å²) in [6, 6.07) is 21.1. The summed E-state index contributed by atoms with van der Waals surface area (Å²) in [4.78, 5) is 10.6. The number of rotatable bonds is 7. The van der Waals surface area contributed by atoms with E-state index >= 15 is 0 Å². The van der Waals surface area contributed by atoms with Gasteiger partial charge in [-0.15, -0.1) is 21.5 Å². The second-order valence-corrected chi connectivity index (χ2v) is 9.35. The molecule has 4 aromatic heterocycles. The lowest BCUT2D eigenvalue weighted by molar-refractivity contribution is 0.686. The van der Waals surface area contributed by atoms with Crippen molar-refractivity contribution in [1.29, 1.82) is 0 Å². The number of aromatic nitrogens is 7. The minimum absolute atomic E-state index is 0.619. The van der Waals surface area contributed by atoms with Gasteiger partial charge in [0, 0.05) is 33.1 Å². The molecule has 0 saturated carbocycles. The molecule has 1 N–H and O–H groups in total. The molecule has 0 radical (unpaired) electrons. The fourth-order valence-corrected chi connectivity index (χ4v) is 5.58. The number of nitrogens with zero attached hydrogens (tertiary/aromatic N) is 6. The van der Waals surface area contributed by atoms with Crippen LogP contribution in [0.4, 0.5) is 0 Å². The SMILES string of the molecule is CCCCc1nc2cccnc2n1Cc1ccc(-c2sc3ccccc3c2-c2nn[nH]n2)cc1. The number of aryl methyl sites for hydroxylation is 1. The third kappa shape index (κ3) is 3.66. The van der Waals surface area contributed by atoms with Crippen LogP contribution < -0.4 is 0 Å². The summed E-state index contributed by atoms with van der Waals surface area (Å²) in [6.07, 6.45) is 5.06. The lowest BCUT2D eigenvalue weighted by atomic mass is 10.0. The van der Waals surface area contributed by atoms with Crippen molar-refractivity contribution in [2.75, 3.05) is 0 Å². The fraction of sp³-hybridized carbons (Fsp3) is 0.192. The zero-order valence-electron chi connectivity index (χ0n) is 18.8. The first-order chi connectivity index (χ1) is 16.8. The Bertz CT molecular complexity index is 1560. The van der Waals surface area contributed by atoms with Crippen LogP contribution in [-0.4, -0.2) is 35.2 Å². The predicted molar refractivity (Wildman–Crippen MR) is 136 cm³/mol. The zero-order valence-corrected chi connectivity index (χ0v) is 19.6. The summed E-state index contributed by atoms with van der Waals surface area (Å²) in [5.41, 5.74) is 5.29. The molecule has 0 amide bonds. The van der Waals surface area contributed by atoms with Crippen molar-refractivity contribution < 1.29 is 0 Å². The molecular formula is C26H23N7S. The Balaban J connectivity index is 1.37. The maximum atomic E-state index is 4.86. The van der Waals surface area contributed by atoms with Crippen LogP contribution >= 0.6 is 11.3 Å². The largest absolute Gasteiger partial charge is 0.308 e. The summed E-state index contributed by atoms with van der Waals surface area (Å²) in [5.74, 6) is 1.72. The summed E-state index contributed by atoms with van der Waals surface area (Å²) in [5, 5.41) is 16.1. The summed E-state index contributed by atoms with van der Waals surface area (Å²) in [6.45, 7) is 2.96. The molecule has 168 valence electrons. The molecule has 2 aromatic carbocycles. The smallest absolute Gasteiger partial charge is 0.206 e. The fourth-order valence-electron chi connectivity index (χ4n) is 4.38. The topological polar surface area (TPSA) is 85.2 Å². The number of aromatic amines is 1. The molecule has 8 heteroatoms. The Hall–Kier alpha value is -3.91. The van der Waals surface area contributed by atoms with Gasteiger partial charge in [-0.2, -0.15) is 5.21 Å². The Morgan fingerprint density at radius 3 is 2.71 bits per heavy atom. The molecule has 0 bridgehead atoms. The molecule has 7 nitrogen and oxygen atoms in total. The van der Waals surface area contributed by atoms with E-state index in [1.54, 1.807) is 11.3 Å². The van der Waals surface area contributed by atoms with Gasteiger partial charge in [0.05, 0.1) is 6.54 Å². The number of nitrogens with one attached hydrogen (secondary N) is 1. The normalized spacial score (nSPS) is 11.6. The number of unbranched alkanes of at least 4 members (excludes halogenated alkanes) is 1. The Morgan fingerprint density at radius 1 is 1.00 bits per heavy atom. The van der Waals surface area contributed by atoms with Gasteiger partial charge >= 0.3 is 0 Å². The van der Waals surface area contributed by atoms with Crippen LogP contribution in [0.25, 0.3) is 43.1 Å². The van der Waals surface area contributed by atoms with Crippen molar-refractivity contribution in [1.82, 2.24) is 35.2 Å². The third-order valence-corrected chi connectivity index (χ3v) is 7.28. The van der Waals surface area contributed by atoms with E-state index in [4.69, 9.17) is 4.98 Å². The molecule has 0 fully saturated rings. The van der Waals surface area contributed by atoms with Crippen LogP contribution in [0, 0.1) is 0 Å². The molecule has 0 spiro atoms. The maximum absolute atomic E-state index is 4.86. The van der Waals surface area contributed by atoms with Gasteiger partial charge in [0.1, 0.15) is 11.3 Å². The highest BCUT2D eigenvalue weighted by atomic mass is 32.1. The van der Waals surface area contributed by atoms with Crippen molar-refractivity contribution in [2.45, 2.75) is 32.7 Å². The second-order valence-electron chi connectivity index (χ2n) is 8.30. The van der Waals surface area contributed by atoms with E-state index in [1.165, 1.54) is 10.3 Å². The standard InChI is InChI=1S/C26H23N7S/c1-2-3-10-22-28-20-8-6-15-27-26(20)33(22)16-17-11-13-18(14-12-17)24-23(25-29-31-32-30-25)19-7-4-5-9-21(19)34-24/h4-9,11-15H,2-3,10,16H2,1H3,(H,29,30,31,32). The van der Waals surface area contributed by atoms with Crippen LogP contribution in [0.15, 0.2) is 66.9 Å². The van der Waals surface area contributed by atoms with Crippen molar-refractivity contribution in [3.05, 3.63) is 78.2 Å². The predicted octanol–water partition coefficient (Wildman–Crippen LogP) is 5.88. The van der Waals surface area contributed by atoms with Gasteiger partial charge in [-0.25, -0.2) is 9.97 Å². The van der Waals surface area contributed by atoms with E-state index in [1.807, 2.05) is 24.4 Å². The van der Waals surface area contributed by atoms with E-state index in [0.717, 1.165) is 64.2 Å². The Kier molecular flexibility index (Phi) is 5.35. The number of hydrogen-bond donors (Lipinski definition) is 1. The first kappa shape index (κ1) is 20.7. The van der Waals surface area contributed by atoms with E-state index in [9.17, 15) is 0 Å². The molecule has 6 aromatic rings. The molecule has 0 atom stereocenters. The highest BCUT2D eigenvalue weighted by Crippen LogP contribution is 2.43. The lowest BCUT2D eigenvalue weighted by Gasteiger charge is -2.10. The average Bonchev–Trinajstić information content (AvgIpc) is 3.61. The van der Waals surface area contributed by atoms with Gasteiger partial charge in [-0.1, -0.05) is 55.8 Å². The number of fused-ring (bicyclic) bond motifs is 2. The summed E-state index contributed by atoms with van der Waals surface area (Å²) >= 11 is 1.75. The average molecular weight is 466 g/mol. The van der Waals surface area contributed by atoms with Crippen LogP contribution in [-0.2, 0) is 13.0 Å². The molecule has 0 aliphatic rings. The highest BCUT2D eigenvalue weighted by molar-refractivity contribution is 7.23. The number of benzene rings is 2. The molecule has 34 heavy (non-hydrogen) atoms. The maximum Gasteiger partial charge on any atom is 0.206 e. The number of H-pyrrole nitrogens is 1. The van der Waals surface area contributed by atoms with Crippen molar-refractivity contribution in [3.63, 3.8) is 0 Å². The Morgan fingerprint density at radius 2 is 1.88 bits per heavy atom. The van der Waals surface area contributed by atoms with Gasteiger partial charge in [0.2, 0.25) is 5.82 Å². The minimum atomic E-state index is 0.619. The van der Waals surface area contributed by atoms with Gasteiger partial charge in [-0.3, -0.25) is 0 Å². The van der Waals surface area contributed by atoms with Gasteiger partial charge in [0.15, 0.2) is 5.65 Å². The highest BCUT2D eigenvalue weighted by Gasteiger charge is 2.19. The van der Waals surface area contributed by atoms with Gasteiger partial charge < -0.3 is 4.57 Å². The second kappa shape index (κ2) is 8.79. The molecular weight excluding hydrogens is 442 g/mol. The Labute approximate surface area is 200 Å². The van der Waals surface area contributed by atoms with Crippen LogP contribution in [0.5, 0.6) is 0 Å². The molecule has 0 aliphatic heterocycles. The summed E-state index contributed by atoms with van der Waals surface area (Å²) in [7, 11) is 0. The summed E-state index contributed by atoms with van der Waals surface area (Å²) < 4.78 is 3.46. The van der Waals surface area contributed by atoms with E-state index in [2.05, 4.69) is 79.6 Å². The number of pyridine rings is 1. The number of thiophene rings is 1. The zero-order chi connectivity index (χ0) is 22.9. The van der Waals surface area contributed by atoms with Crippen LogP contribution in [0.3, 0.4) is 0 Å². The first-order valence-electron chi connectivity index (χ1n) is 11.5. The van der Waals surface area contributed by atoms with Gasteiger partial charge in [-0.05, 0) is 41.0 Å². The van der Waals surface area contributed by atoms with Crippen molar-refractivity contribution in [2.24, 2.45) is 0 Å².